The molecule has 5 nitrogen and oxygen atoms in total. The van der Waals surface area contributed by atoms with Crippen molar-refractivity contribution >= 4 is 22.2 Å². The average Bonchev–Trinajstić information content (AvgIpc) is 2.85. The maximum Gasteiger partial charge on any atom is 0.162 e. The maximum absolute atomic E-state index is 10.9. The lowest BCUT2D eigenvalue weighted by Gasteiger charge is -2.06. The van der Waals surface area contributed by atoms with Crippen molar-refractivity contribution in [3.05, 3.63) is 45.8 Å². The van der Waals surface area contributed by atoms with Crippen LogP contribution >= 0.6 is 15.9 Å². The number of carbonyl (C=O) groups is 1. The quantitative estimate of drug-likeness (QED) is 0.764. The van der Waals surface area contributed by atoms with Crippen LogP contribution in [0, 0.1) is 0 Å². The van der Waals surface area contributed by atoms with Crippen molar-refractivity contribution in [2.24, 2.45) is 0 Å². The summed E-state index contributed by atoms with van der Waals surface area (Å²) >= 11 is 3.30. The topological polar surface area (TPSA) is 61.6 Å². The van der Waals surface area contributed by atoms with Crippen molar-refractivity contribution in [1.29, 1.82) is 0 Å². The molecule has 0 saturated carbocycles. The summed E-state index contributed by atoms with van der Waals surface area (Å²) in [6, 6.07) is 6.98. The van der Waals surface area contributed by atoms with E-state index >= 15 is 0 Å². The van der Waals surface area contributed by atoms with Crippen LogP contribution < -0.4 is 4.74 Å². The predicted octanol–water partition coefficient (Wildman–Crippen LogP) is 2.98. The number of hydrogen-bond donors (Lipinski definition) is 0. The van der Waals surface area contributed by atoms with E-state index in [1.807, 2.05) is 6.07 Å². The van der Waals surface area contributed by atoms with E-state index in [9.17, 15) is 4.79 Å². The van der Waals surface area contributed by atoms with Gasteiger partial charge in [0, 0.05) is 17.6 Å². The highest BCUT2D eigenvalue weighted by molar-refractivity contribution is 9.10. The van der Waals surface area contributed by atoms with Crippen molar-refractivity contribution in [3.8, 4) is 5.75 Å². The number of nitrogens with zero attached hydrogens (tertiary/aromatic N) is 1. The lowest BCUT2D eigenvalue weighted by Crippen LogP contribution is -1.98. The van der Waals surface area contributed by atoms with Crippen LogP contribution in [0.3, 0.4) is 0 Å². The minimum atomic E-state index is 0.232. The zero-order valence-electron chi connectivity index (χ0n) is 10.3. The Kier molecular flexibility index (Phi) is 4.70. The summed E-state index contributed by atoms with van der Waals surface area (Å²) in [6.07, 6.45) is 0.749. The molecule has 0 bridgehead atoms. The van der Waals surface area contributed by atoms with E-state index in [0.29, 0.717) is 29.4 Å². The molecule has 0 aliphatic heterocycles. The van der Waals surface area contributed by atoms with Crippen LogP contribution in [0.1, 0.15) is 21.8 Å². The third-order valence-electron chi connectivity index (χ3n) is 2.37. The van der Waals surface area contributed by atoms with E-state index in [1.54, 1.807) is 25.3 Å². The Morgan fingerprint density at radius 2 is 2.21 bits per heavy atom. The molecule has 0 radical (unpaired) electrons. The minimum absolute atomic E-state index is 0.232. The normalized spacial score (nSPS) is 10.4. The Balaban J connectivity index is 2.03. The maximum atomic E-state index is 10.9. The van der Waals surface area contributed by atoms with Gasteiger partial charge in [0.25, 0.3) is 0 Å². The van der Waals surface area contributed by atoms with Crippen molar-refractivity contribution in [3.63, 3.8) is 0 Å². The van der Waals surface area contributed by atoms with Gasteiger partial charge in [0.1, 0.15) is 24.7 Å². The van der Waals surface area contributed by atoms with Gasteiger partial charge in [-0.2, -0.15) is 0 Å². The van der Waals surface area contributed by atoms with Gasteiger partial charge in [0.15, 0.2) is 12.0 Å². The van der Waals surface area contributed by atoms with Gasteiger partial charge in [0.2, 0.25) is 0 Å². The van der Waals surface area contributed by atoms with Crippen LogP contribution in [0.5, 0.6) is 5.75 Å². The molecule has 0 amide bonds. The smallest absolute Gasteiger partial charge is 0.162 e. The highest BCUT2D eigenvalue weighted by Gasteiger charge is 2.07. The number of methoxy groups -OCH3 is 1. The van der Waals surface area contributed by atoms with E-state index in [4.69, 9.17) is 14.0 Å². The van der Waals surface area contributed by atoms with Gasteiger partial charge in [-0.25, -0.2) is 0 Å². The van der Waals surface area contributed by atoms with Gasteiger partial charge >= 0.3 is 0 Å². The number of rotatable bonds is 6. The zero-order chi connectivity index (χ0) is 13.7. The Morgan fingerprint density at radius 1 is 1.37 bits per heavy atom. The van der Waals surface area contributed by atoms with Crippen molar-refractivity contribution < 1.29 is 18.8 Å². The number of benzene rings is 1. The molecule has 0 spiro atoms. The molecule has 2 aromatic rings. The highest BCUT2D eigenvalue weighted by atomic mass is 79.9. The molecule has 1 aromatic carbocycles. The number of ether oxygens (including phenoxy) is 2. The van der Waals surface area contributed by atoms with E-state index in [2.05, 4.69) is 21.1 Å². The first-order valence-corrected chi connectivity index (χ1v) is 6.33. The SMILES string of the molecule is COCc1cc(COc2ccc(Br)cc2C=O)no1. The number of aldehydes is 1. The molecule has 19 heavy (non-hydrogen) atoms. The van der Waals surface area contributed by atoms with Crippen LogP contribution in [0.25, 0.3) is 0 Å². The zero-order valence-corrected chi connectivity index (χ0v) is 11.8. The second-order valence-electron chi connectivity index (χ2n) is 3.81. The molecule has 1 aromatic heterocycles. The van der Waals surface area contributed by atoms with Crippen molar-refractivity contribution in [2.45, 2.75) is 13.2 Å². The van der Waals surface area contributed by atoms with Crippen LogP contribution in [-0.2, 0) is 18.0 Å². The molecule has 100 valence electrons. The monoisotopic (exact) mass is 325 g/mol. The van der Waals surface area contributed by atoms with E-state index in [0.717, 1.165) is 10.8 Å². The van der Waals surface area contributed by atoms with E-state index in [-0.39, 0.29) is 6.61 Å². The molecule has 0 N–H and O–H groups in total. The van der Waals surface area contributed by atoms with Gasteiger partial charge in [-0.05, 0) is 18.2 Å². The molecule has 0 saturated heterocycles. The highest BCUT2D eigenvalue weighted by Crippen LogP contribution is 2.22. The Labute approximate surface area is 118 Å². The Bertz CT molecular complexity index is 568. The van der Waals surface area contributed by atoms with E-state index in [1.165, 1.54) is 0 Å². The Hall–Kier alpha value is -1.66. The fraction of sp³-hybridized carbons (Fsp3) is 0.231. The van der Waals surface area contributed by atoms with Crippen molar-refractivity contribution in [1.82, 2.24) is 5.16 Å². The van der Waals surface area contributed by atoms with Crippen molar-refractivity contribution in [2.75, 3.05) is 7.11 Å². The third kappa shape index (κ3) is 3.65. The van der Waals surface area contributed by atoms with Gasteiger partial charge in [-0.1, -0.05) is 21.1 Å². The van der Waals surface area contributed by atoms with Crippen LogP contribution in [0.2, 0.25) is 0 Å². The number of hydrogen-bond acceptors (Lipinski definition) is 5. The summed E-state index contributed by atoms with van der Waals surface area (Å²) in [7, 11) is 1.58. The predicted molar refractivity (Wildman–Crippen MR) is 71.1 cm³/mol. The standard InChI is InChI=1S/C13H12BrNO4/c1-17-8-12-5-11(15-19-12)7-18-13-3-2-10(14)4-9(13)6-16/h2-6H,7-8H2,1H3. The van der Waals surface area contributed by atoms with Gasteiger partial charge in [-0.15, -0.1) is 0 Å². The number of aromatic nitrogens is 1. The molecular weight excluding hydrogens is 314 g/mol. The van der Waals surface area contributed by atoms with Gasteiger partial charge < -0.3 is 14.0 Å². The lowest BCUT2D eigenvalue weighted by molar-refractivity contribution is 0.111. The average molecular weight is 326 g/mol. The summed E-state index contributed by atoms with van der Waals surface area (Å²) in [5.41, 5.74) is 1.13. The second-order valence-corrected chi connectivity index (χ2v) is 4.72. The first-order chi connectivity index (χ1) is 9.22. The molecule has 0 fully saturated rings. The molecule has 6 heteroatoms. The van der Waals surface area contributed by atoms with Gasteiger partial charge in [-0.3, -0.25) is 4.79 Å². The minimum Gasteiger partial charge on any atom is -0.486 e. The molecular formula is C13H12BrNO4. The summed E-state index contributed by atoms with van der Waals surface area (Å²) in [4.78, 5) is 10.9. The first kappa shape index (κ1) is 13.8. The lowest BCUT2D eigenvalue weighted by atomic mass is 10.2. The second kappa shape index (κ2) is 6.49. The summed E-state index contributed by atoms with van der Waals surface area (Å²) < 4.78 is 16.3. The van der Waals surface area contributed by atoms with Gasteiger partial charge in [0.05, 0.1) is 5.56 Å². The van der Waals surface area contributed by atoms with Crippen LogP contribution in [0.4, 0.5) is 0 Å². The van der Waals surface area contributed by atoms with Crippen LogP contribution in [-0.4, -0.2) is 18.6 Å². The summed E-state index contributed by atoms with van der Waals surface area (Å²) in [5, 5.41) is 3.85. The molecule has 2 rings (SSSR count). The summed E-state index contributed by atoms with van der Waals surface area (Å²) in [5.74, 6) is 1.14. The number of halogens is 1. The molecule has 0 aliphatic rings. The fourth-order valence-electron chi connectivity index (χ4n) is 1.53. The molecule has 0 atom stereocenters. The third-order valence-corrected chi connectivity index (χ3v) is 2.86. The molecule has 0 unspecified atom stereocenters. The largest absolute Gasteiger partial charge is 0.486 e. The first-order valence-electron chi connectivity index (χ1n) is 5.54. The molecule has 0 aliphatic carbocycles. The number of carbonyl (C=O) groups excluding carboxylic acids is 1. The summed E-state index contributed by atoms with van der Waals surface area (Å²) in [6.45, 7) is 0.598. The fourth-order valence-corrected chi connectivity index (χ4v) is 1.91. The molecule has 1 heterocycles. The Morgan fingerprint density at radius 3 is 2.95 bits per heavy atom. The van der Waals surface area contributed by atoms with Crippen LogP contribution in [0.15, 0.2) is 33.3 Å². The van der Waals surface area contributed by atoms with E-state index < -0.39 is 0 Å².